The van der Waals surface area contributed by atoms with Gasteiger partial charge in [0.1, 0.15) is 11.9 Å². The average Bonchev–Trinajstić information content (AvgIpc) is 2.87. The van der Waals surface area contributed by atoms with Crippen molar-refractivity contribution >= 4 is 6.03 Å². The molecule has 0 aromatic heterocycles. The van der Waals surface area contributed by atoms with Crippen molar-refractivity contribution in [1.29, 1.82) is 0 Å². The molecule has 0 radical (unpaired) electrons. The van der Waals surface area contributed by atoms with Crippen molar-refractivity contribution in [2.24, 2.45) is 0 Å². The molecular weight excluding hydrogens is 256 g/mol. The molecule has 1 aromatic carbocycles. The summed E-state index contributed by atoms with van der Waals surface area (Å²) in [6.45, 7) is 1.88. The highest BCUT2D eigenvalue weighted by Crippen LogP contribution is 2.27. The number of ether oxygens (including phenoxy) is 2. The van der Waals surface area contributed by atoms with Gasteiger partial charge in [-0.3, -0.25) is 0 Å². The minimum Gasteiger partial charge on any atom is -0.488 e. The van der Waals surface area contributed by atoms with E-state index in [2.05, 4.69) is 11.4 Å². The molecule has 110 valence electrons. The van der Waals surface area contributed by atoms with Crippen LogP contribution < -0.4 is 10.1 Å². The summed E-state index contributed by atoms with van der Waals surface area (Å²) in [5.74, 6) is 0.931. The van der Waals surface area contributed by atoms with E-state index in [1.165, 1.54) is 5.56 Å². The van der Waals surface area contributed by atoms with Gasteiger partial charge in [0, 0.05) is 33.7 Å². The van der Waals surface area contributed by atoms with E-state index in [0.717, 1.165) is 18.6 Å². The second-order valence-corrected chi connectivity index (χ2v) is 5.01. The molecule has 2 amide bonds. The zero-order chi connectivity index (χ0) is 14.4. The fraction of sp³-hybridized carbons (Fsp3) is 0.533. The third-order valence-corrected chi connectivity index (χ3v) is 3.38. The fourth-order valence-corrected chi connectivity index (χ4v) is 2.25. The zero-order valence-electron chi connectivity index (χ0n) is 12.1. The van der Waals surface area contributed by atoms with Crippen LogP contribution in [0.15, 0.2) is 24.3 Å². The molecule has 0 saturated heterocycles. The smallest absolute Gasteiger partial charge is 0.317 e. The van der Waals surface area contributed by atoms with E-state index in [1.807, 2.05) is 18.2 Å². The number of nitrogens with zero attached hydrogens (tertiary/aromatic N) is 1. The van der Waals surface area contributed by atoms with Gasteiger partial charge in [0.15, 0.2) is 0 Å². The number of carbonyl (C=O) groups is 1. The van der Waals surface area contributed by atoms with Crippen molar-refractivity contribution in [3.8, 4) is 5.75 Å². The number of hydrogen-bond donors (Lipinski definition) is 1. The summed E-state index contributed by atoms with van der Waals surface area (Å²) in [4.78, 5) is 13.6. The largest absolute Gasteiger partial charge is 0.488 e. The van der Waals surface area contributed by atoms with Crippen LogP contribution in [0.1, 0.15) is 12.0 Å². The molecule has 2 rings (SSSR count). The van der Waals surface area contributed by atoms with E-state index in [4.69, 9.17) is 9.47 Å². The number of nitrogens with one attached hydrogen (secondary N) is 1. The Morgan fingerprint density at radius 1 is 1.50 bits per heavy atom. The molecule has 1 aliphatic heterocycles. The SMILES string of the molecule is COCCCN(C)C(=O)NCC1Cc2ccccc2O1. The van der Waals surface area contributed by atoms with Gasteiger partial charge in [-0.25, -0.2) is 4.79 Å². The summed E-state index contributed by atoms with van der Waals surface area (Å²) in [7, 11) is 3.45. The van der Waals surface area contributed by atoms with E-state index in [-0.39, 0.29) is 12.1 Å². The van der Waals surface area contributed by atoms with Gasteiger partial charge < -0.3 is 19.7 Å². The number of hydrogen-bond acceptors (Lipinski definition) is 3. The molecule has 0 spiro atoms. The Kier molecular flexibility index (Phi) is 5.24. The molecule has 0 saturated carbocycles. The van der Waals surface area contributed by atoms with Gasteiger partial charge in [0.25, 0.3) is 0 Å². The quantitative estimate of drug-likeness (QED) is 0.805. The number of para-hydroxylation sites is 1. The second kappa shape index (κ2) is 7.14. The Hall–Kier alpha value is -1.75. The summed E-state index contributed by atoms with van der Waals surface area (Å²) >= 11 is 0. The summed E-state index contributed by atoms with van der Waals surface area (Å²) in [5, 5.41) is 2.91. The third kappa shape index (κ3) is 3.87. The van der Waals surface area contributed by atoms with Gasteiger partial charge in [-0.1, -0.05) is 18.2 Å². The first-order valence-corrected chi connectivity index (χ1v) is 6.93. The van der Waals surface area contributed by atoms with Gasteiger partial charge >= 0.3 is 6.03 Å². The Labute approximate surface area is 119 Å². The van der Waals surface area contributed by atoms with Gasteiger partial charge in [0.05, 0.1) is 6.54 Å². The van der Waals surface area contributed by atoms with Gasteiger partial charge in [-0.2, -0.15) is 0 Å². The fourth-order valence-electron chi connectivity index (χ4n) is 2.25. The first-order chi connectivity index (χ1) is 9.70. The number of urea groups is 1. The molecule has 1 unspecified atom stereocenters. The number of carbonyl (C=O) groups excluding carboxylic acids is 1. The van der Waals surface area contributed by atoms with Crippen molar-refractivity contribution in [3.63, 3.8) is 0 Å². The predicted octanol–water partition coefficient (Wildman–Crippen LogP) is 1.67. The van der Waals surface area contributed by atoms with Crippen LogP contribution in [0.25, 0.3) is 0 Å². The molecule has 1 N–H and O–H groups in total. The molecule has 1 aliphatic rings. The van der Waals surface area contributed by atoms with Gasteiger partial charge in [-0.15, -0.1) is 0 Å². The molecular formula is C15H22N2O3. The highest BCUT2D eigenvalue weighted by molar-refractivity contribution is 5.73. The Bertz CT molecular complexity index is 425. The van der Waals surface area contributed by atoms with E-state index >= 15 is 0 Å². The lowest BCUT2D eigenvalue weighted by Crippen LogP contribution is -2.42. The molecule has 0 aliphatic carbocycles. The van der Waals surface area contributed by atoms with E-state index in [9.17, 15) is 4.79 Å². The van der Waals surface area contributed by atoms with Crippen LogP contribution in [-0.2, 0) is 11.2 Å². The lowest BCUT2D eigenvalue weighted by atomic mass is 10.1. The Morgan fingerprint density at radius 2 is 2.30 bits per heavy atom. The van der Waals surface area contributed by atoms with E-state index < -0.39 is 0 Å². The van der Waals surface area contributed by atoms with Crippen LogP contribution in [0.4, 0.5) is 4.79 Å². The topological polar surface area (TPSA) is 50.8 Å². The van der Waals surface area contributed by atoms with Crippen LogP contribution >= 0.6 is 0 Å². The monoisotopic (exact) mass is 278 g/mol. The number of rotatable bonds is 6. The lowest BCUT2D eigenvalue weighted by Gasteiger charge is -2.19. The van der Waals surface area contributed by atoms with Crippen LogP contribution in [-0.4, -0.2) is 50.9 Å². The first-order valence-electron chi connectivity index (χ1n) is 6.93. The van der Waals surface area contributed by atoms with Crippen molar-refractivity contribution < 1.29 is 14.3 Å². The minimum absolute atomic E-state index is 0.0312. The number of amides is 2. The first kappa shape index (κ1) is 14.7. The van der Waals surface area contributed by atoms with E-state index in [1.54, 1.807) is 19.1 Å². The zero-order valence-corrected chi connectivity index (χ0v) is 12.1. The van der Waals surface area contributed by atoms with Crippen molar-refractivity contribution in [3.05, 3.63) is 29.8 Å². The number of benzene rings is 1. The van der Waals surface area contributed by atoms with E-state index in [0.29, 0.717) is 19.7 Å². The van der Waals surface area contributed by atoms with Gasteiger partial charge in [-0.05, 0) is 18.1 Å². The predicted molar refractivity (Wildman–Crippen MR) is 77.1 cm³/mol. The van der Waals surface area contributed by atoms with Crippen LogP contribution in [0.2, 0.25) is 0 Å². The maximum Gasteiger partial charge on any atom is 0.317 e. The van der Waals surface area contributed by atoms with Crippen molar-refractivity contribution in [2.45, 2.75) is 18.9 Å². The molecule has 1 heterocycles. The second-order valence-electron chi connectivity index (χ2n) is 5.01. The molecule has 1 atom stereocenters. The molecule has 0 bridgehead atoms. The van der Waals surface area contributed by atoms with Crippen LogP contribution in [0.3, 0.4) is 0 Å². The third-order valence-electron chi connectivity index (χ3n) is 3.38. The molecule has 5 nitrogen and oxygen atoms in total. The number of fused-ring (bicyclic) bond motifs is 1. The average molecular weight is 278 g/mol. The molecule has 20 heavy (non-hydrogen) atoms. The summed E-state index contributed by atoms with van der Waals surface area (Å²) in [6.07, 6.45) is 1.72. The Morgan fingerprint density at radius 3 is 3.05 bits per heavy atom. The highest BCUT2D eigenvalue weighted by atomic mass is 16.5. The standard InChI is InChI=1S/C15H22N2O3/c1-17(8-5-9-19-2)15(18)16-11-13-10-12-6-3-4-7-14(12)20-13/h3-4,6-7,13H,5,8-11H2,1-2H3,(H,16,18). The maximum absolute atomic E-state index is 11.9. The molecule has 0 fully saturated rings. The summed E-state index contributed by atoms with van der Waals surface area (Å²) < 4.78 is 10.8. The highest BCUT2D eigenvalue weighted by Gasteiger charge is 2.22. The molecule has 1 aromatic rings. The summed E-state index contributed by atoms with van der Waals surface area (Å²) in [6, 6.07) is 7.93. The van der Waals surface area contributed by atoms with Gasteiger partial charge in [0.2, 0.25) is 0 Å². The Balaban J connectivity index is 1.70. The van der Waals surface area contributed by atoms with Crippen LogP contribution in [0.5, 0.6) is 5.75 Å². The van der Waals surface area contributed by atoms with Crippen LogP contribution in [0, 0.1) is 0 Å². The normalized spacial score (nSPS) is 16.4. The molecule has 5 heteroatoms. The number of methoxy groups -OCH3 is 1. The van der Waals surface area contributed by atoms with Crippen molar-refractivity contribution in [1.82, 2.24) is 10.2 Å². The van der Waals surface area contributed by atoms with Crippen molar-refractivity contribution in [2.75, 3.05) is 33.9 Å². The maximum atomic E-state index is 11.9. The lowest BCUT2D eigenvalue weighted by molar-refractivity contribution is 0.171. The minimum atomic E-state index is -0.0688. The summed E-state index contributed by atoms with van der Waals surface area (Å²) in [5.41, 5.74) is 1.21.